The summed E-state index contributed by atoms with van der Waals surface area (Å²) in [6.45, 7) is 19.0. The first-order valence-corrected chi connectivity index (χ1v) is 19.2. The first kappa shape index (κ1) is 42.8. The molecule has 7 unspecified atom stereocenters. The number of nitrogens with zero attached hydrogens (tertiary/aromatic N) is 1. The van der Waals surface area contributed by atoms with Gasteiger partial charge in [-0.25, -0.2) is 0 Å². The number of quaternary nitrogens is 1. The number of aliphatic carboxylic acids is 1. The highest BCUT2D eigenvalue weighted by Crippen LogP contribution is 2.44. The molecule has 47 heavy (non-hydrogen) atoms. The summed E-state index contributed by atoms with van der Waals surface area (Å²) < 4.78 is 34.0. The van der Waals surface area contributed by atoms with Crippen molar-refractivity contribution in [3.63, 3.8) is 0 Å². The van der Waals surface area contributed by atoms with Gasteiger partial charge in [0, 0.05) is 30.7 Å². The maximum atomic E-state index is 14.1. The summed E-state index contributed by atoms with van der Waals surface area (Å²) in [6, 6.07) is -0.280. The number of nitrogens with one attached hydrogen (secondary N) is 2. The van der Waals surface area contributed by atoms with Crippen molar-refractivity contribution in [2.24, 2.45) is 41.2 Å². The lowest BCUT2D eigenvalue weighted by Gasteiger charge is -2.41. The predicted octanol–water partition coefficient (Wildman–Crippen LogP) is 3.98. The number of rotatable bonds is 23. The molecule has 1 aliphatic carbocycles. The molecule has 0 aliphatic heterocycles. The molecule has 274 valence electrons. The van der Waals surface area contributed by atoms with Gasteiger partial charge >= 0.3 is 5.97 Å². The third-order valence-corrected chi connectivity index (χ3v) is 11.0. The number of amides is 3. The average molecular weight is 690 g/mol. The van der Waals surface area contributed by atoms with E-state index >= 15 is 0 Å². The van der Waals surface area contributed by atoms with Crippen LogP contribution < -0.4 is 16.4 Å². The van der Waals surface area contributed by atoms with Gasteiger partial charge in [-0.3, -0.25) is 23.7 Å². The molecule has 0 bridgehead atoms. The smallest absolute Gasteiger partial charge is 0.306 e. The quantitative estimate of drug-likeness (QED) is 0.0785. The van der Waals surface area contributed by atoms with E-state index in [4.69, 9.17) is 5.73 Å². The zero-order valence-electron chi connectivity index (χ0n) is 30.2. The van der Waals surface area contributed by atoms with E-state index in [0.29, 0.717) is 32.1 Å². The number of nitrogens with two attached hydrogens (primary N) is 1. The fraction of sp³-hybridized carbons (Fsp3) is 0.882. The van der Waals surface area contributed by atoms with Gasteiger partial charge in [0.1, 0.15) is 0 Å². The predicted molar refractivity (Wildman–Crippen MR) is 184 cm³/mol. The highest BCUT2D eigenvalue weighted by molar-refractivity contribution is 7.85. The molecular formula is C34H65N4O8S+. The van der Waals surface area contributed by atoms with Crippen LogP contribution in [0, 0.1) is 35.5 Å². The topological polar surface area (TPSA) is 193 Å². The number of carboxylic acid groups (broad SMARTS) is 1. The van der Waals surface area contributed by atoms with Crippen LogP contribution in [0.25, 0.3) is 0 Å². The molecule has 0 aromatic rings. The second-order valence-electron chi connectivity index (χ2n) is 15.0. The van der Waals surface area contributed by atoms with Gasteiger partial charge in [-0.1, -0.05) is 34.6 Å². The number of hydrogen-bond donors (Lipinski definition) is 5. The van der Waals surface area contributed by atoms with E-state index in [1.165, 1.54) is 6.92 Å². The van der Waals surface area contributed by atoms with E-state index in [2.05, 4.69) is 38.3 Å². The maximum absolute atomic E-state index is 14.1. The van der Waals surface area contributed by atoms with Crippen LogP contribution in [0.3, 0.4) is 0 Å². The minimum Gasteiger partial charge on any atom is -0.481 e. The lowest BCUT2D eigenvalue weighted by atomic mass is 9.74. The second kappa shape index (κ2) is 19.1. The highest BCUT2D eigenvalue weighted by Gasteiger charge is 2.45. The van der Waals surface area contributed by atoms with Gasteiger partial charge in [-0.2, -0.15) is 8.42 Å². The summed E-state index contributed by atoms with van der Waals surface area (Å²) >= 11 is 0. The zero-order chi connectivity index (χ0) is 36.2. The number of primary amides is 1. The van der Waals surface area contributed by atoms with E-state index < -0.39 is 57.0 Å². The van der Waals surface area contributed by atoms with E-state index in [1.54, 1.807) is 20.8 Å². The zero-order valence-corrected chi connectivity index (χ0v) is 31.0. The normalized spacial score (nSPS) is 21.4. The van der Waals surface area contributed by atoms with Crippen LogP contribution in [0.2, 0.25) is 0 Å². The molecule has 1 aliphatic rings. The van der Waals surface area contributed by atoms with Crippen molar-refractivity contribution in [3.05, 3.63) is 0 Å². The standard InChI is InChI=1S/C34H64N4O8S/c1-9-13-38(14-10-2,15-11-3)21-23(5)16-27(32(41)37-34(7,8)22-47(44,45)46)17-26-18-28(36-24(6)39)20-29(26)30(33(42)43)19-25(12-4)31(35)40/h23,25-30H,9-22H2,1-8H3,(H5-,35,36,37,39,40,41,42,43,44,45,46)/p+1. The number of hydrogen-bond acceptors (Lipinski definition) is 6. The average Bonchev–Trinajstić information content (AvgIpc) is 3.27. The summed E-state index contributed by atoms with van der Waals surface area (Å²) in [6.07, 6.45) is 5.33. The molecule has 1 saturated carbocycles. The van der Waals surface area contributed by atoms with E-state index in [1.807, 2.05) is 0 Å². The fourth-order valence-electron chi connectivity index (χ4n) is 8.43. The highest BCUT2D eigenvalue weighted by atomic mass is 32.2. The molecule has 6 N–H and O–H groups in total. The summed E-state index contributed by atoms with van der Waals surface area (Å²) in [5, 5.41) is 16.2. The largest absolute Gasteiger partial charge is 0.481 e. The number of carbonyl (C=O) groups is 4. The Bertz CT molecular complexity index is 1130. The third kappa shape index (κ3) is 14.8. The van der Waals surface area contributed by atoms with Crippen LogP contribution in [0.15, 0.2) is 0 Å². The van der Waals surface area contributed by atoms with Crippen LogP contribution >= 0.6 is 0 Å². The summed E-state index contributed by atoms with van der Waals surface area (Å²) in [7, 11) is -4.37. The van der Waals surface area contributed by atoms with Gasteiger partial charge in [0.05, 0.1) is 43.4 Å². The van der Waals surface area contributed by atoms with Gasteiger partial charge in [0.2, 0.25) is 17.7 Å². The lowest BCUT2D eigenvalue weighted by Crippen LogP contribution is -2.53. The third-order valence-electron chi connectivity index (χ3n) is 9.87. The molecule has 1 rings (SSSR count). The molecule has 13 heteroatoms. The van der Waals surface area contributed by atoms with Crippen molar-refractivity contribution >= 4 is 33.8 Å². The van der Waals surface area contributed by atoms with E-state index in [-0.39, 0.29) is 36.1 Å². The second-order valence-corrected chi connectivity index (χ2v) is 16.5. The Morgan fingerprint density at radius 1 is 0.957 bits per heavy atom. The molecule has 3 amide bonds. The van der Waals surface area contributed by atoms with E-state index in [0.717, 1.165) is 49.9 Å². The first-order chi connectivity index (χ1) is 21.7. The van der Waals surface area contributed by atoms with Crippen LogP contribution in [-0.2, 0) is 29.3 Å². The lowest BCUT2D eigenvalue weighted by molar-refractivity contribution is -0.931. The molecule has 0 heterocycles. The van der Waals surface area contributed by atoms with Crippen LogP contribution in [0.1, 0.15) is 113 Å². The fourth-order valence-corrected chi connectivity index (χ4v) is 9.42. The van der Waals surface area contributed by atoms with Gasteiger partial charge in [-0.15, -0.1) is 0 Å². The Hall–Kier alpha value is -2.25. The molecule has 0 radical (unpaired) electrons. The van der Waals surface area contributed by atoms with Crippen LogP contribution in [-0.4, -0.2) is 89.8 Å². The Morgan fingerprint density at radius 3 is 1.94 bits per heavy atom. The molecule has 0 aromatic carbocycles. The molecular weight excluding hydrogens is 624 g/mol. The summed E-state index contributed by atoms with van der Waals surface area (Å²) in [4.78, 5) is 50.9. The molecule has 1 fully saturated rings. The monoisotopic (exact) mass is 689 g/mol. The van der Waals surface area contributed by atoms with Gasteiger partial charge in [0.15, 0.2) is 0 Å². The molecule has 0 saturated heterocycles. The SMILES string of the molecule is CCC[N+](CCC)(CCC)CC(C)CC(CC1CC(NC(C)=O)CC1C(CC(CC)C(N)=O)C(=O)O)C(=O)NC(C)(C)CS(=O)(=O)O. The summed E-state index contributed by atoms with van der Waals surface area (Å²) in [5.41, 5.74) is 4.37. The van der Waals surface area contributed by atoms with Crippen molar-refractivity contribution in [3.8, 4) is 0 Å². The minimum absolute atomic E-state index is 0.0782. The van der Waals surface area contributed by atoms with Crippen molar-refractivity contribution < 1.29 is 41.7 Å². The summed E-state index contributed by atoms with van der Waals surface area (Å²) in [5.74, 6) is -5.43. The Kier molecular flexibility index (Phi) is 17.4. The van der Waals surface area contributed by atoms with Crippen LogP contribution in [0.5, 0.6) is 0 Å². The van der Waals surface area contributed by atoms with Gasteiger partial charge < -0.3 is 26.0 Å². The van der Waals surface area contributed by atoms with Gasteiger partial charge in [-0.05, 0) is 83.5 Å². The Morgan fingerprint density at radius 2 is 1.51 bits per heavy atom. The minimum atomic E-state index is -4.37. The van der Waals surface area contributed by atoms with Gasteiger partial charge in [0.25, 0.3) is 10.1 Å². The molecule has 12 nitrogen and oxygen atoms in total. The van der Waals surface area contributed by atoms with Crippen molar-refractivity contribution in [1.29, 1.82) is 0 Å². The van der Waals surface area contributed by atoms with Crippen LogP contribution in [0.4, 0.5) is 0 Å². The van der Waals surface area contributed by atoms with E-state index in [9.17, 15) is 37.3 Å². The molecule has 7 atom stereocenters. The Labute approximate surface area is 283 Å². The molecule has 0 aromatic heterocycles. The maximum Gasteiger partial charge on any atom is 0.306 e. The molecule has 0 spiro atoms. The van der Waals surface area contributed by atoms with Crippen molar-refractivity contribution in [2.45, 2.75) is 125 Å². The number of carboxylic acids is 1. The van der Waals surface area contributed by atoms with Crippen molar-refractivity contribution in [2.75, 3.05) is 31.9 Å². The van der Waals surface area contributed by atoms with Crippen molar-refractivity contribution in [1.82, 2.24) is 10.6 Å². The first-order valence-electron chi connectivity index (χ1n) is 17.6. The number of carbonyl (C=O) groups excluding carboxylic acids is 3. The Balaban J connectivity index is 3.55.